The smallest absolute Gasteiger partial charge is 0.405 e. The molecule has 2 N–H and O–H groups in total. The zero-order valence-electron chi connectivity index (χ0n) is 13.6. The van der Waals surface area contributed by atoms with Crippen molar-refractivity contribution in [1.29, 1.82) is 0 Å². The second-order valence-electron chi connectivity index (χ2n) is 6.91. The van der Waals surface area contributed by atoms with E-state index < -0.39 is 6.09 Å². The Balaban J connectivity index is 2.02. The van der Waals surface area contributed by atoms with Crippen LogP contribution in [0.5, 0.6) is 0 Å². The summed E-state index contributed by atoms with van der Waals surface area (Å²) in [7, 11) is 0. The lowest BCUT2D eigenvalue weighted by molar-refractivity contribution is 0.161. The van der Waals surface area contributed by atoms with Gasteiger partial charge in [-0.25, -0.2) is 4.79 Å². The molecule has 0 unspecified atom stereocenters. The molecule has 0 aromatic heterocycles. The van der Waals surface area contributed by atoms with Crippen molar-refractivity contribution in [3.63, 3.8) is 0 Å². The van der Waals surface area contributed by atoms with E-state index in [0.29, 0.717) is 10.0 Å². The molecular weight excluding hydrogens is 345 g/mol. The van der Waals surface area contributed by atoms with Crippen LogP contribution in [0.25, 0.3) is 11.1 Å². The largest absolute Gasteiger partial charge is 0.465 e. The summed E-state index contributed by atoms with van der Waals surface area (Å²) in [5.74, 6) is 0. The number of halogens is 2. The molecule has 0 bridgehead atoms. The molecule has 5 heteroatoms. The summed E-state index contributed by atoms with van der Waals surface area (Å²) < 4.78 is 0. The van der Waals surface area contributed by atoms with Crippen molar-refractivity contribution in [2.45, 2.75) is 32.7 Å². The van der Waals surface area contributed by atoms with Gasteiger partial charge in [-0.1, -0.05) is 61.3 Å². The summed E-state index contributed by atoms with van der Waals surface area (Å²) >= 11 is 12.1. The molecule has 24 heavy (non-hydrogen) atoms. The topological polar surface area (TPSA) is 49.3 Å². The molecular formula is C19H19Cl2NO2. The van der Waals surface area contributed by atoms with E-state index in [4.69, 9.17) is 23.2 Å². The minimum absolute atomic E-state index is 0.115. The average Bonchev–Trinajstić information content (AvgIpc) is 2.52. The zero-order chi connectivity index (χ0) is 17.5. The van der Waals surface area contributed by atoms with Gasteiger partial charge in [0.15, 0.2) is 0 Å². The van der Waals surface area contributed by atoms with Crippen LogP contribution in [0.1, 0.15) is 37.4 Å². The second-order valence-corrected chi connectivity index (χ2v) is 7.73. The molecule has 2 aromatic rings. The minimum Gasteiger partial charge on any atom is -0.465 e. The number of rotatable bonds is 2. The summed E-state index contributed by atoms with van der Waals surface area (Å²) in [6.07, 6.45) is 0.861. The Hall–Kier alpha value is -1.71. The van der Waals surface area contributed by atoms with Crippen molar-refractivity contribution in [3.8, 4) is 11.1 Å². The Morgan fingerprint density at radius 3 is 2.46 bits per heavy atom. The molecule has 0 aliphatic heterocycles. The molecule has 1 amide bonds. The van der Waals surface area contributed by atoms with Crippen LogP contribution in [-0.4, -0.2) is 11.2 Å². The van der Waals surface area contributed by atoms with Gasteiger partial charge >= 0.3 is 6.09 Å². The molecule has 3 rings (SSSR count). The zero-order valence-corrected chi connectivity index (χ0v) is 15.1. The molecule has 1 aliphatic rings. The minimum atomic E-state index is -0.991. The quantitative estimate of drug-likeness (QED) is 0.693. The van der Waals surface area contributed by atoms with E-state index >= 15 is 0 Å². The number of hydrogen-bond donors (Lipinski definition) is 2. The SMILES string of the molecule is CC1(C)CCc2cc(-c3ccc(Cl)c(Cl)c3)ccc2[C@H]1NC(=O)O. The van der Waals surface area contributed by atoms with Gasteiger partial charge in [0.25, 0.3) is 0 Å². The van der Waals surface area contributed by atoms with Gasteiger partial charge in [-0.15, -0.1) is 0 Å². The molecule has 2 aromatic carbocycles. The van der Waals surface area contributed by atoms with Gasteiger partial charge in [-0.2, -0.15) is 0 Å². The number of amides is 1. The molecule has 0 saturated carbocycles. The predicted octanol–water partition coefficient (Wildman–Crippen LogP) is 5.94. The van der Waals surface area contributed by atoms with Crippen LogP contribution >= 0.6 is 23.2 Å². The summed E-state index contributed by atoms with van der Waals surface area (Å²) in [5.41, 5.74) is 4.17. The number of hydrogen-bond acceptors (Lipinski definition) is 1. The monoisotopic (exact) mass is 363 g/mol. The van der Waals surface area contributed by atoms with E-state index in [1.165, 1.54) is 5.56 Å². The van der Waals surface area contributed by atoms with Gasteiger partial charge in [0.05, 0.1) is 16.1 Å². The maximum atomic E-state index is 11.2. The summed E-state index contributed by atoms with van der Waals surface area (Å²) in [6, 6.07) is 11.5. The van der Waals surface area contributed by atoms with E-state index in [0.717, 1.165) is 29.5 Å². The molecule has 1 atom stereocenters. The van der Waals surface area contributed by atoms with Crippen molar-refractivity contribution in [3.05, 3.63) is 57.6 Å². The standard InChI is InChI=1S/C19H19Cl2NO2/c1-19(2)8-7-13-9-11(12-4-6-15(20)16(21)10-12)3-5-14(13)17(19)22-18(23)24/h3-6,9-10,17,22H,7-8H2,1-2H3,(H,23,24)/t17-/m1/s1. The molecule has 1 aliphatic carbocycles. The van der Waals surface area contributed by atoms with E-state index in [1.807, 2.05) is 24.3 Å². The predicted molar refractivity (Wildman–Crippen MR) is 97.9 cm³/mol. The first-order valence-electron chi connectivity index (χ1n) is 7.85. The van der Waals surface area contributed by atoms with Crippen LogP contribution in [-0.2, 0) is 6.42 Å². The highest BCUT2D eigenvalue weighted by molar-refractivity contribution is 6.42. The Morgan fingerprint density at radius 2 is 1.79 bits per heavy atom. The normalized spacial score (nSPS) is 18.8. The Labute approximate surface area is 151 Å². The lowest BCUT2D eigenvalue weighted by atomic mass is 9.70. The highest BCUT2D eigenvalue weighted by Gasteiger charge is 2.37. The van der Waals surface area contributed by atoms with Gasteiger partial charge in [0, 0.05) is 0 Å². The summed E-state index contributed by atoms with van der Waals surface area (Å²) in [4.78, 5) is 11.2. The molecule has 0 fully saturated rings. The molecule has 126 valence electrons. The van der Waals surface area contributed by atoms with Crippen molar-refractivity contribution in [2.24, 2.45) is 5.41 Å². The third kappa shape index (κ3) is 3.24. The molecule has 0 saturated heterocycles. The van der Waals surface area contributed by atoms with Crippen LogP contribution in [0.2, 0.25) is 10.0 Å². The first kappa shape index (κ1) is 17.1. The van der Waals surface area contributed by atoms with Crippen LogP contribution in [0, 0.1) is 5.41 Å². The number of nitrogens with one attached hydrogen (secondary N) is 1. The van der Waals surface area contributed by atoms with Crippen LogP contribution < -0.4 is 5.32 Å². The highest BCUT2D eigenvalue weighted by Crippen LogP contribution is 2.44. The molecule has 0 spiro atoms. The van der Waals surface area contributed by atoms with Crippen molar-refractivity contribution in [1.82, 2.24) is 5.32 Å². The van der Waals surface area contributed by atoms with Crippen LogP contribution in [0.15, 0.2) is 36.4 Å². The second kappa shape index (κ2) is 6.30. The van der Waals surface area contributed by atoms with Crippen molar-refractivity contribution < 1.29 is 9.90 Å². The Morgan fingerprint density at radius 1 is 1.12 bits per heavy atom. The first-order chi connectivity index (χ1) is 11.3. The van der Waals surface area contributed by atoms with Gasteiger partial charge in [-0.3, -0.25) is 0 Å². The molecule has 0 heterocycles. The maximum Gasteiger partial charge on any atom is 0.405 e. The number of carbonyl (C=O) groups is 1. The first-order valence-corrected chi connectivity index (χ1v) is 8.61. The van der Waals surface area contributed by atoms with Crippen molar-refractivity contribution >= 4 is 29.3 Å². The maximum absolute atomic E-state index is 11.2. The lowest BCUT2D eigenvalue weighted by Gasteiger charge is -2.40. The third-order valence-corrected chi connectivity index (χ3v) is 5.53. The van der Waals surface area contributed by atoms with Gasteiger partial charge in [-0.05, 0) is 52.6 Å². The number of aryl methyl sites for hydroxylation is 1. The van der Waals surface area contributed by atoms with E-state index in [1.54, 1.807) is 6.07 Å². The average molecular weight is 364 g/mol. The van der Waals surface area contributed by atoms with Gasteiger partial charge < -0.3 is 10.4 Å². The fraction of sp³-hybridized carbons (Fsp3) is 0.316. The van der Waals surface area contributed by atoms with Crippen LogP contribution in [0.4, 0.5) is 4.79 Å². The van der Waals surface area contributed by atoms with E-state index in [2.05, 4.69) is 25.2 Å². The molecule has 3 nitrogen and oxygen atoms in total. The number of benzene rings is 2. The van der Waals surface area contributed by atoms with Crippen molar-refractivity contribution in [2.75, 3.05) is 0 Å². The Bertz CT molecular complexity index is 802. The molecule has 0 radical (unpaired) electrons. The van der Waals surface area contributed by atoms with Crippen LogP contribution in [0.3, 0.4) is 0 Å². The Kier molecular flexibility index (Phi) is 4.50. The third-order valence-electron chi connectivity index (χ3n) is 4.79. The van der Waals surface area contributed by atoms with E-state index in [-0.39, 0.29) is 11.5 Å². The van der Waals surface area contributed by atoms with E-state index in [9.17, 15) is 9.90 Å². The fourth-order valence-corrected chi connectivity index (χ4v) is 3.68. The summed E-state index contributed by atoms with van der Waals surface area (Å²) in [6.45, 7) is 4.20. The summed E-state index contributed by atoms with van der Waals surface area (Å²) in [5, 5.41) is 12.9. The highest BCUT2D eigenvalue weighted by atomic mass is 35.5. The lowest BCUT2D eigenvalue weighted by Crippen LogP contribution is -2.40. The number of fused-ring (bicyclic) bond motifs is 1. The van der Waals surface area contributed by atoms with Gasteiger partial charge in [0.2, 0.25) is 0 Å². The fourth-order valence-electron chi connectivity index (χ4n) is 3.38. The van der Waals surface area contributed by atoms with Gasteiger partial charge in [0.1, 0.15) is 0 Å². The number of carboxylic acid groups (broad SMARTS) is 1.